The number of piperidine rings is 1. The van der Waals surface area contributed by atoms with Crippen molar-refractivity contribution in [2.45, 2.75) is 77.0 Å². The van der Waals surface area contributed by atoms with Gasteiger partial charge in [-0.2, -0.15) is 0 Å². The van der Waals surface area contributed by atoms with E-state index in [1.165, 1.54) is 25.8 Å². The summed E-state index contributed by atoms with van der Waals surface area (Å²) < 4.78 is 0. The molecule has 0 aromatic heterocycles. The van der Waals surface area contributed by atoms with Gasteiger partial charge in [-0.3, -0.25) is 4.90 Å². The second-order valence-electron chi connectivity index (χ2n) is 6.77. The molecule has 1 aliphatic heterocycles. The molecule has 2 heteroatoms. The Morgan fingerprint density at radius 3 is 2.47 bits per heavy atom. The second-order valence-corrected chi connectivity index (χ2v) is 6.77. The van der Waals surface area contributed by atoms with E-state index in [0.29, 0.717) is 17.1 Å². The van der Waals surface area contributed by atoms with Crippen LogP contribution in [0.4, 0.5) is 0 Å². The fraction of sp³-hybridized carbons (Fsp3) is 1.00. The van der Waals surface area contributed by atoms with Crippen molar-refractivity contribution in [1.82, 2.24) is 10.2 Å². The third-order valence-electron chi connectivity index (χ3n) is 3.95. The van der Waals surface area contributed by atoms with Gasteiger partial charge in [-0.05, 0) is 40.0 Å². The number of nitrogens with zero attached hydrogens (tertiary/aromatic N) is 1. The zero-order chi connectivity index (χ0) is 11.3. The third-order valence-corrected chi connectivity index (χ3v) is 3.95. The van der Waals surface area contributed by atoms with Gasteiger partial charge in [0.1, 0.15) is 0 Å². The molecular weight excluding hydrogens is 184 g/mol. The molecule has 1 saturated heterocycles. The van der Waals surface area contributed by atoms with Crippen LogP contribution in [0, 0.1) is 0 Å². The molecule has 2 aliphatic rings. The van der Waals surface area contributed by atoms with Crippen LogP contribution in [-0.2, 0) is 0 Å². The Hall–Kier alpha value is -0.0800. The molecule has 2 nitrogen and oxygen atoms in total. The van der Waals surface area contributed by atoms with E-state index in [0.717, 1.165) is 6.04 Å². The summed E-state index contributed by atoms with van der Waals surface area (Å²) in [7, 11) is 0. The topological polar surface area (TPSA) is 15.3 Å². The van der Waals surface area contributed by atoms with Gasteiger partial charge in [0.2, 0.25) is 0 Å². The average Bonchev–Trinajstić information content (AvgIpc) is 2.57. The summed E-state index contributed by atoms with van der Waals surface area (Å²) in [4.78, 5) is 2.70. The molecular formula is C13H26N2. The molecule has 0 aromatic carbocycles. The Morgan fingerprint density at radius 2 is 2.00 bits per heavy atom. The van der Waals surface area contributed by atoms with Crippen LogP contribution in [0.5, 0.6) is 0 Å². The first-order valence-electron chi connectivity index (χ1n) is 6.37. The van der Waals surface area contributed by atoms with Crippen molar-refractivity contribution >= 4 is 0 Å². The van der Waals surface area contributed by atoms with Gasteiger partial charge in [0.15, 0.2) is 0 Å². The van der Waals surface area contributed by atoms with Crippen LogP contribution in [0.3, 0.4) is 0 Å². The van der Waals surface area contributed by atoms with Crippen LogP contribution >= 0.6 is 0 Å². The summed E-state index contributed by atoms with van der Waals surface area (Å²) >= 11 is 0. The highest BCUT2D eigenvalue weighted by atomic mass is 15.3. The summed E-state index contributed by atoms with van der Waals surface area (Å²) in [5.74, 6) is 0. The minimum atomic E-state index is 0.339. The lowest BCUT2D eigenvalue weighted by Crippen LogP contribution is -2.54. The van der Waals surface area contributed by atoms with Crippen molar-refractivity contribution in [2.24, 2.45) is 0 Å². The summed E-state index contributed by atoms with van der Waals surface area (Å²) in [5.41, 5.74) is 0.775. The van der Waals surface area contributed by atoms with E-state index in [1.807, 2.05) is 0 Å². The Kier molecular flexibility index (Phi) is 2.63. The lowest BCUT2D eigenvalue weighted by molar-refractivity contribution is 0.0847. The Morgan fingerprint density at radius 1 is 1.33 bits per heavy atom. The van der Waals surface area contributed by atoms with Crippen molar-refractivity contribution in [2.75, 3.05) is 6.54 Å². The first kappa shape index (κ1) is 11.4. The highest BCUT2D eigenvalue weighted by Gasteiger charge is 2.51. The van der Waals surface area contributed by atoms with Gasteiger partial charge in [-0.1, -0.05) is 13.8 Å². The molecule has 1 N–H and O–H groups in total. The highest BCUT2D eigenvalue weighted by molar-refractivity contribution is 5.11. The van der Waals surface area contributed by atoms with Gasteiger partial charge in [0.05, 0.1) is 0 Å². The van der Waals surface area contributed by atoms with Crippen molar-refractivity contribution in [3.8, 4) is 0 Å². The number of hydrogen-bond acceptors (Lipinski definition) is 2. The zero-order valence-electron chi connectivity index (χ0n) is 10.9. The van der Waals surface area contributed by atoms with Crippen molar-refractivity contribution < 1.29 is 0 Å². The van der Waals surface area contributed by atoms with E-state index < -0.39 is 0 Å². The Labute approximate surface area is 94.4 Å². The van der Waals surface area contributed by atoms with Crippen LogP contribution in [0.2, 0.25) is 0 Å². The second kappa shape index (κ2) is 3.46. The van der Waals surface area contributed by atoms with Crippen LogP contribution < -0.4 is 5.32 Å². The van der Waals surface area contributed by atoms with Crippen LogP contribution in [-0.4, -0.2) is 34.6 Å². The van der Waals surface area contributed by atoms with Crippen LogP contribution in [0.15, 0.2) is 0 Å². The zero-order valence-corrected chi connectivity index (χ0v) is 10.9. The van der Waals surface area contributed by atoms with Crippen LogP contribution in [0.1, 0.15) is 53.9 Å². The van der Waals surface area contributed by atoms with Gasteiger partial charge in [0, 0.05) is 29.7 Å². The molecule has 0 amide bonds. The molecule has 2 fully saturated rings. The van der Waals surface area contributed by atoms with Gasteiger partial charge in [-0.15, -0.1) is 0 Å². The maximum absolute atomic E-state index is 3.81. The number of likely N-dealkylation sites (tertiary alicyclic amines) is 1. The smallest absolute Gasteiger partial charge is 0.0326 e. The lowest BCUT2D eigenvalue weighted by atomic mass is 9.95. The fourth-order valence-electron chi connectivity index (χ4n) is 3.54. The Balaban J connectivity index is 2.08. The van der Waals surface area contributed by atoms with Gasteiger partial charge < -0.3 is 5.32 Å². The van der Waals surface area contributed by atoms with Crippen molar-refractivity contribution in [3.63, 3.8) is 0 Å². The van der Waals surface area contributed by atoms with Gasteiger partial charge >= 0.3 is 0 Å². The van der Waals surface area contributed by atoms with Crippen LogP contribution in [0.25, 0.3) is 0 Å². The normalized spacial score (nSPS) is 36.8. The monoisotopic (exact) mass is 210 g/mol. The van der Waals surface area contributed by atoms with E-state index in [9.17, 15) is 0 Å². The predicted octanol–water partition coefficient (Wildman–Crippen LogP) is 2.39. The Bertz CT molecular complexity index is 241. The van der Waals surface area contributed by atoms with E-state index in [4.69, 9.17) is 0 Å². The molecule has 2 bridgehead atoms. The predicted molar refractivity (Wildman–Crippen MR) is 65.1 cm³/mol. The molecule has 15 heavy (non-hydrogen) atoms. The summed E-state index contributed by atoms with van der Waals surface area (Å²) in [6.07, 6.45) is 4.13. The largest absolute Gasteiger partial charge is 0.308 e. The first-order valence-corrected chi connectivity index (χ1v) is 6.37. The van der Waals surface area contributed by atoms with E-state index in [-0.39, 0.29) is 0 Å². The molecule has 2 rings (SSSR count). The molecule has 88 valence electrons. The molecule has 0 radical (unpaired) electrons. The molecule has 0 aromatic rings. The van der Waals surface area contributed by atoms with E-state index >= 15 is 0 Å². The molecule has 1 aliphatic carbocycles. The van der Waals surface area contributed by atoms with E-state index in [2.05, 4.69) is 44.8 Å². The average molecular weight is 210 g/mol. The standard InChI is InChI=1S/C13H26N2/c1-10(2)14-13-7-6-11(8-13)15(9-13)12(3,4)5/h10-11,14H,6-9H2,1-5H3/t11-,13-/m0/s1. The quantitative estimate of drug-likeness (QED) is 0.753. The minimum absolute atomic E-state index is 0.339. The highest BCUT2D eigenvalue weighted by Crippen LogP contribution is 2.44. The van der Waals surface area contributed by atoms with E-state index in [1.54, 1.807) is 0 Å². The molecule has 2 atom stereocenters. The number of fused-ring (bicyclic) bond motifs is 2. The lowest BCUT2D eigenvalue weighted by Gasteiger charge is -2.42. The maximum Gasteiger partial charge on any atom is 0.0326 e. The number of hydrogen-bond donors (Lipinski definition) is 1. The first-order chi connectivity index (χ1) is 6.82. The molecule has 0 unspecified atom stereocenters. The SMILES string of the molecule is CC(C)N[C@@]12CC[C@@H](C1)N(C(C)(C)C)C2. The third kappa shape index (κ3) is 2.07. The minimum Gasteiger partial charge on any atom is -0.308 e. The molecule has 0 spiro atoms. The van der Waals surface area contributed by atoms with Gasteiger partial charge in [-0.25, -0.2) is 0 Å². The van der Waals surface area contributed by atoms with Gasteiger partial charge in [0.25, 0.3) is 0 Å². The molecule has 1 heterocycles. The maximum atomic E-state index is 3.81. The summed E-state index contributed by atoms with van der Waals surface area (Å²) in [5, 5.41) is 3.81. The fourth-order valence-corrected chi connectivity index (χ4v) is 3.54. The molecule has 1 saturated carbocycles. The summed E-state index contributed by atoms with van der Waals surface area (Å²) in [6.45, 7) is 12.8. The van der Waals surface area contributed by atoms with Crippen molar-refractivity contribution in [3.05, 3.63) is 0 Å². The number of nitrogens with one attached hydrogen (secondary N) is 1. The van der Waals surface area contributed by atoms with Crippen molar-refractivity contribution in [1.29, 1.82) is 0 Å². The number of rotatable bonds is 2. The summed E-state index contributed by atoms with van der Waals surface area (Å²) in [6, 6.07) is 1.44.